The Morgan fingerprint density at radius 1 is 1.67 bits per heavy atom. The van der Waals surface area contributed by atoms with Gasteiger partial charge in [0, 0.05) is 32.0 Å². The van der Waals surface area contributed by atoms with E-state index in [0.717, 1.165) is 25.6 Å². The topological polar surface area (TPSA) is 58.6 Å². The third kappa shape index (κ3) is 8.97. The van der Waals surface area contributed by atoms with Crippen molar-refractivity contribution in [2.75, 3.05) is 19.8 Å². The van der Waals surface area contributed by atoms with Crippen LogP contribution in [0.5, 0.6) is 0 Å². The molecule has 4 heteroatoms. The highest BCUT2D eigenvalue weighted by molar-refractivity contribution is 5.79. The largest absolute Gasteiger partial charge is 0.478 e. The van der Waals surface area contributed by atoms with E-state index in [1.54, 1.807) is 0 Å². The molecular weight excluding hydrogens is 158 g/mol. The van der Waals surface area contributed by atoms with E-state index in [4.69, 9.17) is 9.84 Å². The summed E-state index contributed by atoms with van der Waals surface area (Å²) in [6.45, 7) is 4.12. The number of hydrogen-bond acceptors (Lipinski definition) is 3. The summed E-state index contributed by atoms with van der Waals surface area (Å²) >= 11 is 0. The van der Waals surface area contributed by atoms with Crippen LogP contribution < -0.4 is 5.32 Å². The Bertz CT molecular complexity index is 145. The van der Waals surface area contributed by atoms with E-state index in [1.807, 2.05) is 6.92 Å². The average Bonchev–Trinajstić information content (AvgIpc) is 2.02. The highest BCUT2D eigenvalue weighted by Crippen LogP contribution is 1.79. The first-order valence-electron chi connectivity index (χ1n) is 3.98. The van der Waals surface area contributed by atoms with Gasteiger partial charge in [-0.05, 0) is 13.3 Å². The van der Waals surface area contributed by atoms with Gasteiger partial charge in [0.2, 0.25) is 0 Å². The van der Waals surface area contributed by atoms with Crippen molar-refractivity contribution >= 4 is 5.97 Å². The molecule has 0 aliphatic carbocycles. The van der Waals surface area contributed by atoms with E-state index in [1.165, 1.54) is 6.20 Å². The summed E-state index contributed by atoms with van der Waals surface area (Å²) in [6.07, 6.45) is 3.38. The zero-order chi connectivity index (χ0) is 9.23. The fourth-order valence-electron chi connectivity index (χ4n) is 0.634. The van der Waals surface area contributed by atoms with Gasteiger partial charge in [0.05, 0.1) is 0 Å². The first-order valence-corrected chi connectivity index (χ1v) is 3.98. The van der Waals surface area contributed by atoms with Crippen LogP contribution in [0.4, 0.5) is 0 Å². The highest BCUT2D eigenvalue weighted by Gasteiger charge is 1.85. The van der Waals surface area contributed by atoms with E-state index in [2.05, 4.69) is 5.32 Å². The Kier molecular flexibility index (Phi) is 7.38. The van der Waals surface area contributed by atoms with Crippen molar-refractivity contribution in [1.82, 2.24) is 5.32 Å². The van der Waals surface area contributed by atoms with E-state index >= 15 is 0 Å². The predicted molar refractivity (Wildman–Crippen MR) is 45.9 cm³/mol. The number of carbonyl (C=O) groups is 1. The molecule has 0 saturated carbocycles. The molecular formula is C8H15NO3. The Morgan fingerprint density at radius 3 is 3.00 bits per heavy atom. The van der Waals surface area contributed by atoms with Crippen LogP contribution in [0.25, 0.3) is 0 Å². The van der Waals surface area contributed by atoms with Crippen LogP contribution in [0.1, 0.15) is 13.3 Å². The Morgan fingerprint density at radius 2 is 2.42 bits per heavy atom. The lowest BCUT2D eigenvalue weighted by atomic mass is 10.4. The fraction of sp³-hybridized carbons (Fsp3) is 0.625. The molecule has 70 valence electrons. The van der Waals surface area contributed by atoms with Crippen LogP contribution in [0, 0.1) is 0 Å². The molecule has 2 N–H and O–H groups in total. The first kappa shape index (κ1) is 11.0. The van der Waals surface area contributed by atoms with Gasteiger partial charge < -0.3 is 15.2 Å². The molecule has 0 aromatic carbocycles. The zero-order valence-corrected chi connectivity index (χ0v) is 7.25. The summed E-state index contributed by atoms with van der Waals surface area (Å²) in [6, 6.07) is 0. The molecule has 0 aromatic rings. The minimum Gasteiger partial charge on any atom is -0.478 e. The monoisotopic (exact) mass is 173 g/mol. The minimum absolute atomic E-state index is 0.713. The van der Waals surface area contributed by atoms with Crippen LogP contribution in [0.3, 0.4) is 0 Å². The maximum absolute atomic E-state index is 9.98. The number of carboxylic acids is 1. The lowest BCUT2D eigenvalue weighted by Gasteiger charge is -2.00. The molecule has 12 heavy (non-hydrogen) atoms. The van der Waals surface area contributed by atoms with Crippen LogP contribution in [0.2, 0.25) is 0 Å². The molecule has 0 saturated heterocycles. The predicted octanol–water partition coefficient (Wildman–Crippen LogP) is 0.601. The van der Waals surface area contributed by atoms with Gasteiger partial charge in [0.25, 0.3) is 0 Å². The normalized spacial score (nSPS) is 10.4. The van der Waals surface area contributed by atoms with Crippen molar-refractivity contribution in [3.8, 4) is 0 Å². The summed E-state index contributed by atoms with van der Waals surface area (Å²) < 4.78 is 5.08. The number of rotatable bonds is 7. The quantitative estimate of drug-likeness (QED) is 0.437. The molecule has 0 spiro atoms. The van der Waals surface area contributed by atoms with Crippen molar-refractivity contribution < 1.29 is 14.6 Å². The summed E-state index contributed by atoms with van der Waals surface area (Å²) in [5.74, 6) is -0.938. The van der Waals surface area contributed by atoms with Gasteiger partial charge in [-0.1, -0.05) is 0 Å². The third-order valence-corrected chi connectivity index (χ3v) is 1.16. The van der Waals surface area contributed by atoms with Gasteiger partial charge in [-0.15, -0.1) is 0 Å². The number of carboxylic acid groups (broad SMARTS) is 1. The molecule has 0 fully saturated rings. The number of ether oxygens (including phenoxy) is 1. The SMILES string of the molecule is CCOCCCN/C=C/C(=O)O. The van der Waals surface area contributed by atoms with Crippen LogP contribution in [-0.2, 0) is 9.53 Å². The maximum Gasteiger partial charge on any atom is 0.329 e. The van der Waals surface area contributed by atoms with Gasteiger partial charge in [-0.2, -0.15) is 0 Å². The minimum atomic E-state index is -0.938. The third-order valence-electron chi connectivity index (χ3n) is 1.16. The van der Waals surface area contributed by atoms with Crippen molar-refractivity contribution in [2.24, 2.45) is 0 Å². The van der Waals surface area contributed by atoms with E-state index < -0.39 is 5.97 Å². The van der Waals surface area contributed by atoms with Gasteiger partial charge in [-0.3, -0.25) is 0 Å². The highest BCUT2D eigenvalue weighted by atomic mass is 16.5. The lowest BCUT2D eigenvalue weighted by molar-refractivity contribution is -0.131. The van der Waals surface area contributed by atoms with Gasteiger partial charge in [-0.25, -0.2) is 4.79 Å². The Balaban J connectivity index is 3.05. The summed E-state index contributed by atoms with van der Waals surface area (Å²) in [4.78, 5) is 9.98. The second-order valence-corrected chi connectivity index (χ2v) is 2.18. The molecule has 0 amide bonds. The van der Waals surface area contributed by atoms with Crippen molar-refractivity contribution in [2.45, 2.75) is 13.3 Å². The van der Waals surface area contributed by atoms with Crippen LogP contribution >= 0.6 is 0 Å². The average molecular weight is 173 g/mol. The molecule has 0 unspecified atom stereocenters. The fourth-order valence-corrected chi connectivity index (χ4v) is 0.634. The van der Waals surface area contributed by atoms with Crippen LogP contribution in [-0.4, -0.2) is 30.8 Å². The second kappa shape index (κ2) is 8.07. The molecule has 4 nitrogen and oxygen atoms in total. The molecule has 0 bridgehead atoms. The lowest BCUT2D eigenvalue weighted by Crippen LogP contribution is -2.10. The van der Waals surface area contributed by atoms with Crippen molar-refractivity contribution in [3.05, 3.63) is 12.3 Å². The molecule has 0 atom stereocenters. The summed E-state index contributed by atoms with van der Waals surface area (Å²) in [5.41, 5.74) is 0. The van der Waals surface area contributed by atoms with Crippen molar-refractivity contribution in [1.29, 1.82) is 0 Å². The van der Waals surface area contributed by atoms with Gasteiger partial charge >= 0.3 is 5.97 Å². The zero-order valence-electron chi connectivity index (χ0n) is 7.25. The molecule has 0 radical (unpaired) electrons. The number of aliphatic carboxylic acids is 1. The Labute approximate surface area is 72.2 Å². The van der Waals surface area contributed by atoms with E-state index in [9.17, 15) is 4.79 Å². The first-order chi connectivity index (χ1) is 5.77. The number of hydrogen-bond donors (Lipinski definition) is 2. The van der Waals surface area contributed by atoms with E-state index in [-0.39, 0.29) is 0 Å². The second-order valence-electron chi connectivity index (χ2n) is 2.18. The smallest absolute Gasteiger partial charge is 0.329 e. The standard InChI is InChI=1S/C8H15NO3/c1-2-12-7-3-5-9-6-4-8(10)11/h4,6,9H,2-3,5,7H2,1H3,(H,10,11)/b6-4+. The molecule has 0 aliphatic heterocycles. The molecule has 0 aliphatic rings. The number of nitrogens with one attached hydrogen (secondary N) is 1. The van der Waals surface area contributed by atoms with E-state index in [0.29, 0.717) is 6.61 Å². The maximum atomic E-state index is 9.98. The molecule has 0 aromatic heterocycles. The van der Waals surface area contributed by atoms with Crippen LogP contribution in [0.15, 0.2) is 12.3 Å². The van der Waals surface area contributed by atoms with Crippen molar-refractivity contribution in [3.63, 3.8) is 0 Å². The van der Waals surface area contributed by atoms with Gasteiger partial charge in [0.1, 0.15) is 0 Å². The Hall–Kier alpha value is -1.03. The summed E-state index contributed by atoms with van der Waals surface area (Å²) in [5, 5.41) is 11.0. The molecule has 0 heterocycles. The molecule has 0 rings (SSSR count). The summed E-state index contributed by atoms with van der Waals surface area (Å²) in [7, 11) is 0. The van der Waals surface area contributed by atoms with Gasteiger partial charge in [0.15, 0.2) is 0 Å².